The molecule has 3 aromatic rings. The average molecular weight is 438 g/mol. The van der Waals surface area contributed by atoms with Crippen molar-refractivity contribution in [3.05, 3.63) is 68.5 Å². The van der Waals surface area contributed by atoms with E-state index in [9.17, 15) is 13.2 Å². The number of hydrogen-bond donors (Lipinski definition) is 1. The molecular formula is C19H13Cl2NO3S2. The molecule has 0 saturated carbocycles. The van der Waals surface area contributed by atoms with Crippen LogP contribution in [0, 0.1) is 6.92 Å². The van der Waals surface area contributed by atoms with Crippen LogP contribution in [-0.2, 0) is 15.6 Å². The molecule has 2 heterocycles. The Bertz CT molecular complexity index is 1200. The van der Waals surface area contributed by atoms with Crippen LogP contribution in [0.5, 0.6) is 0 Å². The van der Waals surface area contributed by atoms with E-state index in [-0.39, 0.29) is 16.6 Å². The van der Waals surface area contributed by atoms with E-state index in [1.165, 1.54) is 17.4 Å². The van der Waals surface area contributed by atoms with Crippen molar-refractivity contribution in [1.29, 1.82) is 0 Å². The highest BCUT2D eigenvalue weighted by molar-refractivity contribution is 7.91. The van der Waals surface area contributed by atoms with Gasteiger partial charge in [0.15, 0.2) is 9.84 Å². The van der Waals surface area contributed by atoms with E-state index in [0.717, 1.165) is 10.4 Å². The van der Waals surface area contributed by atoms with Gasteiger partial charge in [0.2, 0.25) is 0 Å². The Balaban J connectivity index is 1.73. The molecule has 2 aromatic carbocycles. The van der Waals surface area contributed by atoms with Gasteiger partial charge in [0.25, 0.3) is 5.91 Å². The van der Waals surface area contributed by atoms with Crippen molar-refractivity contribution in [2.45, 2.75) is 17.6 Å². The first-order chi connectivity index (χ1) is 12.7. The van der Waals surface area contributed by atoms with Gasteiger partial charge in [-0.1, -0.05) is 35.3 Å². The largest absolute Gasteiger partial charge is 0.320 e. The van der Waals surface area contributed by atoms with Gasteiger partial charge in [-0.2, -0.15) is 0 Å². The van der Waals surface area contributed by atoms with Gasteiger partial charge in [0.1, 0.15) is 0 Å². The lowest BCUT2D eigenvalue weighted by Crippen LogP contribution is -2.11. The Kier molecular flexibility index (Phi) is 4.55. The number of aryl methyl sites for hydroxylation is 1. The summed E-state index contributed by atoms with van der Waals surface area (Å²) in [6.45, 7) is 1.91. The van der Waals surface area contributed by atoms with Gasteiger partial charge in [-0.15, -0.1) is 11.3 Å². The molecule has 0 spiro atoms. The Hall–Kier alpha value is -1.86. The zero-order chi connectivity index (χ0) is 19.3. The van der Waals surface area contributed by atoms with Crippen molar-refractivity contribution in [2.24, 2.45) is 0 Å². The van der Waals surface area contributed by atoms with Gasteiger partial charge in [0.05, 0.1) is 26.2 Å². The molecule has 0 saturated heterocycles. The zero-order valence-electron chi connectivity index (χ0n) is 14.0. The van der Waals surface area contributed by atoms with Gasteiger partial charge in [-0.3, -0.25) is 4.79 Å². The number of amides is 1. The van der Waals surface area contributed by atoms with Crippen LogP contribution in [0.1, 0.15) is 20.8 Å². The molecule has 0 atom stereocenters. The van der Waals surface area contributed by atoms with E-state index < -0.39 is 9.84 Å². The molecule has 0 fully saturated rings. The van der Waals surface area contributed by atoms with Gasteiger partial charge in [-0.05, 0) is 48.4 Å². The van der Waals surface area contributed by atoms with Gasteiger partial charge in [0, 0.05) is 15.5 Å². The van der Waals surface area contributed by atoms with Crippen LogP contribution in [-0.4, -0.2) is 14.3 Å². The molecule has 0 radical (unpaired) electrons. The van der Waals surface area contributed by atoms with Crippen molar-refractivity contribution in [1.82, 2.24) is 0 Å². The van der Waals surface area contributed by atoms with E-state index in [1.807, 2.05) is 13.0 Å². The van der Waals surface area contributed by atoms with Crippen LogP contribution in [0.25, 0.3) is 10.4 Å². The van der Waals surface area contributed by atoms with E-state index in [2.05, 4.69) is 5.32 Å². The maximum Gasteiger partial charge on any atom is 0.265 e. The number of nitrogens with one attached hydrogen (secondary N) is 1. The number of hydrogen-bond acceptors (Lipinski definition) is 4. The predicted octanol–water partition coefficient (Wildman–Crippen LogP) is 5.57. The second-order valence-corrected chi connectivity index (χ2v) is 10.2. The summed E-state index contributed by atoms with van der Waals surface area (Å²) in [6, 6.07) is 11.8. The molecule has 8 heteroatoms. The normalized spacial score (nSPS) is 14.3. The molecule has 0 bridgehead atoms. The summed E-state index contributed by atoms with van der Waals surface area (Å²) in [6.07, 6.45) is 0. The third-order valence-corrected chi connectivity index (χ3v) is 7.73. The molecule has 0 unspecified atom stereocenters. The van der Waals surface area contributed by atoms with Crippen LogP contribution in [0.3, 0.4) is 0 Å². The number of halogens is 2. The van der Waals surface area contributed by atoms with E-state index in [1.54, 1.807) is 30.3 Å². The summed E-state index contributed by atoms with van der Waals surface area (Å²) in [4.78, 5) is 14.1. The summed E-state index contributed by atoms with van der Waals surface area (Å²) in [5.74, 6) is -0.474. The fourth-order valence-corrected chi connectivity index (χ4v) is 6.40. The lowest BCUT2D eigenvalue weighted by molar-refractivity contribution is 0.103. The summed E-state index contributed by atoms with van der Waals surface area (Å²) >= 11 is 13.4. The Labute approximate surface area is 170 Å². The summed E-state index contributed by atoms with van der Waals surface area (Å²) < 4.78 is 25.1. The summed E-state index contributed by atoms with van der Waals surface area (Å²) in [7, 11) is -3.49. The van der Waals surface area contributed by atoms with Crippen molar-refractivity contribution < 1.29 is 13.2 Å². The maximum absolute atomic E-state index is 12.7. The van der Waals surface area contributed by atoms with E-state index in [0.29, 0.717) is 31.7 Å². The van der Waals surface area contributed by atoms with Crippen LogP contribution in [0.4, 0.5) is 5.69 Å². The molecule has 4 nitrogen and oxygen atoms in total. The minimum absolute atomic E-state index is 0.148. The highest BCUT2D eigenvalue weighted by Crippen LogP contribution is 2.43. The third kappa shape index (κ3) is 3.38. The number of carbonyl (C=O) groups excluding carboxylic acids is 1. The van der Waals surface area contributed by atoms with Crippen LogP contribution < -0.4 is 5.32 Å². The van der Waals surface area contributed by atoms with Gasteiger partial charge >= 0.3 is 0 Å². The quantitative estimate of drug-likeness (QED) is 0.569. The smallest absolute Gasteiger partial charge is 0.265 e. The van der Waals surface area contributed by atoms with Crippen molar-refractivity contribution in [2.75, 3.05) is 5.32 Å². The molecule has 1 N–H and O–H groups in total. The van der Waals surface area contributed by atoms with Gasteiger partial charge in [-0.25, -0.2) is 8.42 Å². The first-order valence-corrected chi connectivity index (χ1v) is 11.2. The molecule has 0 aliphatic carbocycles. The maximum atomic E-state index is 12.7. The Morgan fingerprint density at radius 1 is 1.11 bits per heavy atom. The third-order valence-electron chi connectivity index (χ3n) is 4.27. The molecule has 1 aromatic heterocycles. The number of anilines is 1. The SMILES string of the molecule is Cc1ccc(NC(=O)c2cc3c(s2)-c2ccc(Cl)cc2S(=O)(=O)C3)c(Cl)c1. The van der Waals surface area contributed by atoms with Crippen molar-refractivity contribution in [3.63, 3.8) is 0 Å². The number of carbonyl (C=O) groups is 1. The van der Waals surface area contributed by atoms with E-state index >= 15 is 0 Å². The number of thiophene rings is 1. The molecule has 1 aliphatic heterocycles. The fourth-order valence-electron chi connectivity index (χ4n) is 3.00. The minimum atomic E-state index is -3.49. The zero-order valence-corrected chi connectivity index (χ0v) is 17.2. The number of sulfone groups is 1. The lowest BCUT2D eigenvalue weighted by atomic mass is 10.1. The standard InChI is InChI=1S/C19H13Cl2NO3S2/c1-10-2-5-15(14(21)6-10)22-19(23)16-7-11-9-27(24,25)17-8-12(20)3-4-13(17)18(11)26-16/h2-8H,9H2,1H3,(H,22,23). The second-order valence-electron chi connectivity index (χ2n) is 6.30. The average Bonchev–Trinajstić information content (AvgIpc) is 3.00. The molecule has 1 amide bonds. The minimum Gasteiger partial charge on any atom is -0.320 e. The molecule has 27 heavy (non-hydrogen) atoms. The number of fused-ring (bicyclic) bond motifs is 3. The van der Waals surface area contributed by atoms with Crippen LogP contribution in [0.15, 0.2) is 47.4 Å². The van der Waals surface area contributed by atoms with Gasteiger partial charge < -0.3 is 5.32 Å². The number of rotatable bonds is 2. The van der Waals surface area contributed by atoms with Crippen LogP contribution in [0.2, 0.25) is 10.0 Å². The Morgan fingerprint density at radius 2 is 1.89 bits per heavy atom. The molecule has 138 valence electrons. The monoisotopic (exact) mass is 437 g/mol. The second kappa shape index (κ2) is 6.63. The molecule has 4 rings (SSSR count). The summed E-state index contributed by atoms with van der Waals surface area (Å²) in [5, 5.41) is 3.60. The van der Waals surface area contributed by atoms with E-state index in [4.69, 9.17) is 23.2 Å². The highest BCUT2D eigenvalue weighted by Gasteiger charge is 2.31. The summed E-state index contributed by atoms with van der Waals surface area (Å²) in [5.41, 5.74) is 2.71. The van der Waals surface area contributed by atoms with Crippen molar-refractivity contribution in [3.8, 4) is 10.4 Å². The lowest BCUT2D eigenvalue weighted by Gasteiger charge is -2.16. The fraction of sp³-hybridized carbons (Fsp3) is 0.105. The van der Waals surface area contributed by atoms with Crippen molar-refractivity contribution >= 4 is 56.0 Å². The first-order valence-electron chi connectivity index (χ1n) is 7.97. The highest BCUT2D eigenvalue weighted by atomic mass is 35.5. The van der Waals surface area contributed by atoms with Crippen LogP contribution >= 0.6 is 34.5 Å². The Morgan fingerprint density at radius 3 is 2.63 bits per heavy atom. The topological polar surface area (TPSA) is 63.2 Å². The number of benzene rings is 2. The molecular weight excluding hydrogens is 425 g/mol. The predicted molar refractivity (Wildman–Crippen MR) is 110 cm³/mol. The molecule has 1 aliphatic rings. The first kappa shape index (κ1) is 18.5.